The van der Waals surface area contributed by atoms with Gasteiger partial charge in [0.05, 0.1) is 30.5 Å². The lowest BCUT2D eigenvalue weighted by molar-refractivity contribution is 0.412. The Hall–Kier alpha value is -3.47. The lowest BCUT2D eigenvalue weighted by Gasteiger charge is -2.19. The third-order valence-corrected chi connectivity index (χ3v) is 5.87. The molecule has 1 aliphatic carbocycles. The van der Waals surface area contributed by atoms with E-state index < -0.39 is 0 Å². The topological polar surface area (TPSA) is 52.8 Å². The zero-order valence-electron chi connectivity index (χ0n) is 18.0. The van der Waals surface area contributed by atoms with Crippen LogP contribution in [-0.2, 0) is 19.3 Å². The molecule has 0 saturated carbocycles. The molecule has 0 N–H and O–H groups in total. The molecule has 0 fully saturated rings. The fourth-order valence-corrected chi connectivity index (χ4v) is 4.34. The maximum atomic E-state index is 5.68. The van der Waals surface area contributed by atoms with Crippen LogP contribution in [0.4, 0.5) is 0 Å². The number of fused-ring (bicyclic) bond motifs is 1. The highest BCUT2D eigenvalue weighted by atomic mass is 16.5. The van der Waals surface area contributed by atoms with Gasteiger partial charge < -0.3 is 9.30 Å². The van der Waals surface area contributed by atoms with Crippen molar-refractivity contribution in [1.82, 2.24) is 19.5 Å². The van der Waals surface area contributed by atoms with Crippen LogP contribution in [-0.4, -0.2) is 26.6 Å². The molecule has 4 aromatic rings. The molecule has 2 aromatic carbocycles. The molecule has 5 rings (SSSR count). The summed E-state index contributed by atoms with van der Waals surface area (Å²) in [7, 11) is 1.70. The van der Waals surface area contributed by atoms with Gasteiger partial charge in [-0.3, -0.25) is 0 Å². The quantitative estimate of drug-likeness (QED) is 0.458. The largest absolute Gasteiger partial charge is 0.495 e. The molecule has 0 aliphatic heterocycles. The summed E-state index contributed by atoms with van der Waals surface area (Å²) in [6, 6.07) is 16.8. The summed E-state index contributed by atoms with van der Waals surface area (Å²) in [4.78, 5) is 14.3. The van der Waals surface area contributed by atoms with E-state index in [1.807, 2.05) is 30.1 Å². The van der Waals surface area contributed by atoms with Gasteiger partial charge in [-0.1, -0.05) is 36.4 Å². The maximum absolute atomic E-state index is 5.68. The zero-order chi connectivity index (χ0) is 21.2. The Labute approximate surface area is 182 Å². The van der Waals surface area contributed by atoms with E-state index in [0.717, 1.165) is 47.1 Å². The first-order valence-corrected chi connectivity index (χ1v) is 10.8. The number of hydrogen-bond donors (Lipinski definition) is 0. The van der Waals surface area contributed by atoms with E-state index in [2.05, 4.69) is 47.4 Å². The van der Waals surface area contributed by atoms with E-state index >= 15 is 0 Å². The van der Waals surface area contributed by atoms with Crippen molar-refractivity contribution >= 4 is 0 Å². The number of methoxy groups -OCH3 is 1. The van der Waals surface area contributed by atoms with Gasteiger partial charge >= 0.3 is 0 Å². The molecule has 5 nitrogen and oxygen atoms in total. The van der Waals surface area contributed by atoms with Gasteiger partial charge in [-0.15, -0.1) is 0 Å². The smallest absolute Gasteiger partial charge is 0.143 e. The SMILES string of the molecule is COc1cc(Cc2nc3c(c(-c4ccccc4)n2)CCCC3)ccc1-n1cnc(C)c1. The molecule has 0 saturated heterocycles. The highest BCUT2D eigenvalue weighted by molar-refractivity contribution is 5.64. The number of aromatic nitrogens is 4. The van der Waals surface area contributed by atoms with Crippen molar-refractivity contribution in [2.75, 3.05) is 7.11 Å². The van der Waals surface area contributed by atoms with Crippen molar-refractivity contribution in [2.45, 2.75) is 39.0 Å². The predicted molar refractivity (Wildman–Crippen MR) is 122 cm³/mol. The first-order chi connectivity index (χ1) is 15.2. The van der Waals surface area contributed by atoms with Crippen molar-refractivity contribution in [2.24, 2.45) is 0 Å². The Morgan fingerprint density at radius 2 is 1.84 bits per heavy atom. The van der Waals surface area contributed by atoms with Gasteiger partial charge in [0.25, 0.3) is 0 Å². The van der Waals surface area contributed by atoms with Crippen molar-refractivity contribution < 1.29 is 4.74 Å². The average molecular weight is 411 g/mol. The number of imidazole rings is 1. The minimum absolute atomic E-state index is 0.673. The van der Waals surface area contributed by atoms with Crippen molar-refractivity contribution in [1.29, 1.82) is 0 Å². The van der Waals surface area contributed by atoms with E-state index in [4.69, 9.17) is 14.7 Å². The normalized spacial score (nSPS) is 13.1. The fourth-order valence-electron chi connectivity index (χ4n) is 4.34. The van der Waals surface area contributed by atoms with Crippen LogP contribution in [0.2, 0.25) is 0 Å². The van der Waals surface area contributed by atoms with Crippen LogP contribution >= 0.6 is 0 Å². The predicted octanol–water partition coefficient (Wildman–Crippen LogP) is 5.12. The second-order valence-corrected chi connectivity index (χ2v) is 8.09. The van der Waals surface area contributed by atoms with Crippen LogP contribution in [0.25, 0.3) is 16.9 Å². The van der Waals surface area contributed by atoms with Crippen LogP contribution in [0.3, 0.4) is 0 Å². The number of rotatable bonds is 5. The minimum atomic E-state index is 0.673. The van der Waals surface area contributed by atoms with Crippen LogP contribution in [0.15, 0.2) is 61.1 Å². The Morgan fingerprint density at radius 3 is 2.61 bits per heavy atom. The molecule has 0 amide bonds. The molecule has 5 heteroatoms. The first kappa shape index (κ1) is 19.5. The van der Waals surface area contributed by atoms with Gasteiger partial charge in [0.2, 0.25) is 0 Å². The highest BCUT2D eigenvalue weighted by Gasteiger charge is 2.19. The monoisotopic (exact) mass is 410 g/mol. The second-order valence-electron chi connectivity index (χ2n) is 8.09. The summed E-state index contributed by atoms with van der Waals surface area (Å²) < 4.78 is 7.67. The van der Waals surface area contributed by atoms with Gasteiger partial charge in [-0.2, -0.15) is 0 Å². The summed E-state index contributed by atoms with van der Waals surface area (Å²) in [6.45, 7) is 1.98. The molecule has 2 heterocycles. The Bertz CT molecular complexity index is 1210. The molecule has 1 aliphatic rings. The highest BCUT2D eigenvalue weighted by Crippen LogP contribution is 2.30. The fraction of sp³-hybridized carbons (Fsp3) is 0.269. The standard InChI is InChI=1S/C26H26N4O/c1-18-16-30(17-27-18)23-13-12-19(14-24(23)31-2)15-25-28-22-11-7-6-10-21(22)26(29-25)20-8-4-3-5-9-20/h3-5,8-9,12-14,16-17H,6-7,10-11,15H2,1-2H3. The van der Waals surface area contributed by atoms with E-state index in [-0.39, 0.29) is 0 Å². The first-order valence-electron chi connectivity index (χ1n) is 10.8. The van der Waals surface area contributed by atoms with Crippen LogP contribution in [0.5, 0.6) is 5.75 Å². The van der Waals surface area contributed by atoms with E-state index in [9.17, 15) is 0 Å². The number of nitrogens with zero attached hydrogens (tertiary/aromatic N) is 4. The van der Waals surface area contributed by atoms with Crippen molar-refractivity contribution in [3.63, 3.8) is 0 Å². The molecule has 0 spiro atoms. The minimum Gasteiger partial charge on any atom is -0.495 e. The lowest BCUT2D eigenvalue weighted by Crippen LogP contribution is -2.12. The van der Waals surface area contributed by atoms with Crippen LogP contribution < -0.4 is 4.74 Å². The van der Waals surface area contributed by atoms with Crippen LogP contribution in [0, 0.1) is 6.92 Å². The molecule has 0 atom stereocenters. The third kappa shape index (κ3) is 3.96. The summed E-state index contributed by atoms with van der Waals surface area (Å²) in [5.41, 5.74) is 7.89. The average Bonchev–Trinajstić information content (AvgIpc) is 3.25. The third-order valence-electron chi connectivity index (χ3n) is 5.87. The molecule has 0 radical (unpaired) electrons. The number of benzene rings is 2. The molecule has 31 heavy (non-hydrogen) atoms. The Morgan fingerprint density at radius 1 is 1.00 bits per heavy atom. The van der Waals surface area contributed by atoms with E-state index in [1.54, 1.807) is 7.11 Å². The summed E-state index contributed by atoms with van der Waals surface area (Å²) in [5.74, 6) is 1.68. The van der Waals surface area contributed by atoms with Crippen LogP contribution in [0.1, 0.15) is 41.2 Å². The van der Waals surface area contributed by atoms with Gasteiger partial charge in [-0.05, 0) is 50.3 Å². The summed E-state index contributed by atoms with van der Waals surface area (Å²) in [5, 5.41) is 0. The number of ether oxygens (including phenoxy) is 1. The molecule has 2 aromatic heterocycles. The maximum Gasteiger partial charge on any atom is 0.143 e. The second kappa shape index (κ2) is 8.34. The van der Waals surface area contributed by atoms with Gasteiger partial charge in [0.1, 0.15) is 11.6 Å². The summed E-state index contributed by atoms with van der Waals surface area (Å²) in [6.07, 6.45) is 8.99. The molecular formula is C26H26N4O. The molecule has 0 unspecified atom stereocenters. The number of aryl methyl sites for hydroxylation is 2. The van der Waals surface area contributed by atoms with Gasteiger partial charge in [-0.25, -0.2) is 15.0 Å². The van der Waals surface area contributed by atoms with Gasteiger partial charge in [0, 0.05) is 29.4 Å². The molecular weight excluding hydrogens is 384 g/mol. The number of hydrogen-bond acceptors (Lipinski definition) is 4. The Balaban J connectivity index is 1.51. The molecule has 156 valence electrons. The lowest BCUT2D eigenvalue weighted by atomic mass is 9.92. The van der Waals surface area contributed by atoms with Gasteiger partial charge in [0.15, 0.2) is 0 Å². The van der Waals surface area contributed by atoms with E-state index in [0.29, 0.717) is 6.42 Å². The molecule has 0 bridgehead atoms. The van der Waals surface area contributed by atoms with Crippen molar-refractivity contribution in [3.05, 3.63) is 89.4 Å². The van der Waals surface area contributed by atoms with Crippen molar-refractivity contribution in [3.8, 4) is 22.7 Å². The summed E-state index contributed by atoms with van der Waals surface area (Å²) >= 11 is 0. The van der Waals surface area contributed by atoms with E-state index in [1.165, 1.54) is 29.7 Å². The Kier molecular flexibility index (Phi) is 5.24. The zero-order valence-corrected chi connectivity index (χ0v) is 18.0.